The van der Waals surface area contributed by atoms with E-state index in [1.165, 1.54) is 21.5 Å². The molecular formula is C25H30Cl2Zr-4. The molecule has 3 heteroatoms. The summed E-state index contributed by atoms with van der Waals surface area (Å²) in [6.07, 6.45) is 2.00. The Morgan fingerprint density at radius 2 is 1.04 bits per heavy atom. The van der Waals surface area contributed by atoms with Crippen molar-refractivity contribution in [3.63, 3.8) is 0 Å². The predicted octanol–water partition coefficient (Wildman–Crippen LogP) is 8.92. The van der Waals surface area contributed by atoms with Crippen molar-refractivity contribution in [2.75, 3.05) is 0 Å². The first-order valence-electron chi connectivity index (χ1n) is 9.29. The van der Waals surface area contributed by atoms with Crippen molar-refractivity contribution in [2.24, 2.45) is 0 Å². The number of halogens is 2. The second kappa shape index (κ2) is 18.0. The van der Waals surface area contributed by atoms with E-state index in [1.807, 2.05) is 13.8 Å². The van der Waals surface area contributed by atoms with Gasteiger partial charge in [0.15, 0.2) is 0 Å². The van der Waals surface area contributed by atoms with E-state index in [-0.39, 0.29) is 0 Å². The van der Waals surface area contributed by atoms with Crippen LogP contribution in [0.2, 0.25) is 0 Å². The van der Waals surface area contributed by atoms with Gasteiger partial charge >= 0.3 is 40.1 Å². The Hall–Kier alpha value is -1.01. The Labute approximate surface area is 186 Å². The average Bonchev–Trinajstić information content (AvgIpc) is 3.32. The van der Waals surface area contributed by atoms with Gasteiger partial charge in [0.2, 0.25) is 0 Å². The van der Waals surface area contributed by atoms with E-state index in [2.05, 4.69) is 103 Å². The molecule has 0 spiro atoms. The van der Waals surface area contributed by atoms with E-state index < -0.39 is 18.9 Å². The molecule has 28 heavy (non-hydrogen) atoms. The molecule has 0 aliphatic carbocycles. The van der Waals surface area contributed by atoms with Crippen molar-refractivity contribution in [3.8, 4) is 0 Å². The first-order chi connectivity index (χ1) is 13.5. The van der Waals surface area contributed by atoms with E-state index >= 15 is 0 Å². The molecule has 0 heterocycles. The summed E-state index contributed by atoms with van der Waals surface area (Å²) in [7, 11) is 10.3. The first-order valence-corrected chi connectivity index (χ1v) is 17.4. The van der Waals surface area contributed by atoms with Gasteiger partial charge in [-0.1, -0.05) is 26.0 Å². The number of hydrogen-bond donors (Lipinski definition) is 0. The summed E-state index contributed by atoms with van der Waals surface area (Å²) in [5.74, 6) is 0. The maximum absolute atomic E-state index is 5.13. The molecular weight excluding hydrogens is 462 g/mol. The smallest absolute Gasteiger partial charge is 0.0809 e. The molecule has 152 valence electrons. The second-order valence-corrected chi connectivity index (χ2v) is 13.9. The molecule has 0 radical (unpaired) electrons. The van der Waals surface area contributed by atoms with Crippen molar-refractivity contribution in [3.05, 3.63) is 98.8 Å². The molecule has 0 amide bonds. The molecule has 4 aromatic carbocycles. The van der Waals surface area contributed by atoms with Gasteiger partial charge in [-0.05, 0) is 0 Å². The van der Waals surface area contributed by atoms with Gasteiger partial charge in [-0.2, -0.15) is 47.9 Å². The number of fused-ring (bicyclic) bond motifs is 2. The molecule has 0 aliphatic heterocycles. The van der Waals surface area contributed by atoms with Gasteiger partial charge in [0, 0.05) is 0 Å². The monoisotopic (exact) mass is 490 g/mol. The minimum absolute atomic E-state index is 1.00. The minimum Gasteiger partial charge on any atom is -0.168 e. The van der Waals surface area contributed by atoms with Crippen molar-refractivity contribution in [1.82, 2.24) is 0 Å². The molecule has 0 fully saturated rings. The fourth-order valence-corrected chi connectivity index (χ4v) is 2.14. The van der Waals surface area contributed by atoms with Crippen LogP contribution in [0.3, 0.4) is 0 Å². The molecule has 0 aliphatic rings. The van der Waals surface area contributed by atoms with E-state index in [4.69, 9.17) is 17.0 Å². The summed E-state index contributed by atoms with van der Waals surface area (Å²) < 4.78 is 3.37. The summed E-state index contributed by atoms with van der Waals surface area (Å²) >= 11 is -1.85. The molecule has 0 saturated carbocycles. The summed E-state index contributed by atoms with van der Waals surface area (Å²) in [6.45, 7) is 11.0. The van der Waals surface area contributed by atoms with Gasteiger partial charge < -0.3 is 13.8 Å². The maximum Gasteiger partial charge on any atom is -0.0809 e. The Balaban J connectivity index is 0.000000361. The molecule has 0 atom stereocenters. The molecule has 0 nitrogen and oxygen atoms in total. The van der Waals surface area contributed by atoms with Crippen molar-refractivity contribution < 1.29 is 18.9 Å². The minimum atomic E-state index is -1.85. The number of benzene rings is 2. The zero-order valence-electron chi connectivity index (χ0n) is 16.9. The van der Waals surface area contributed by atoms with Crippen LogP contribution in [-0.4, -0.2) is 4.21 Å². The zero-order chi connectivity index (χ0) is 21.2. The Morgan fingerprint density at radius 1 is 0.750 bits per heavy atom. The quantitative estimate of drug-likeness (QED) is 0.215. The van der Waals surface area contributed by atoms with Crippen LogP contribution in [-0.2, 0) is 18.9 Å². The molecule has 4 rings (SSSR count). The van der Waals surface area contributed by atoms with E-state index in [0.717, 1.165) is 12.8 Å². The van der Waals surface area contributed by atoms with E-state index in [1.54, 1.807) is 0 Å². The number of hydrogen-bond acceptors (Lipinski definition) is 0. The van der Waals surface area contributed by atoms with Crippen LogP contribution in [0.25, 0.3) is 21.5 Å². The average molecular weight is 493 g/mol. The first kappa shape index (κ1) is 27.0. The van der Waals surface area contributed by atoms with Crippen LogP contribution in [0.4, 0.5) is 0 Å². The summed E-state index contributed by atoms with van der Waals surface area (Å²) in [5, 5.41) is 5.32. The number of rotatable bonds is 0. The van der Waals surface area contributed by atoms with Crippen molar-refractivity contribution in [2.45, 2.75) is 26.7 Å². The van der Waals surface area contributed by atoms with Gasteiger partial charge in [0.25, 0.3) is 0 Å². The third-order valence-corrected chi connectivity index (χ3v) is 3.10. The normalized spacial score (nSPS) is 8.79. The summed E-state index contributed by atoms with van der Waals surface area (Å²) in [6, 6.07) is 29.3. The van der Waals surface area contributed by atoms with Crippen molar-refractivity contribution >= 4 is 42.8 Å². The van der Waals surface area contributed by atoms with Gasteiger partial charge in [-0.15, -0.1) is 59.3 Å². The van der Waals surface area contributed by atoms with Crippen LogP contribution < -0.4 is 0 Å². The molecule has 0 N–H and O–H groups in total. The Kier molecular flexibility index (Phi) is 17.4. The van der Waals surface area contributed by atoms with Gasteiger partial charge in [-0.3, -0.25) is 0 Å². The molecule has 0 bridgehead atoms. The third kappa shape index (κ3) is 13.2. The van der Waals surface area contributed by atoms with Gasteiger partial charge in [0.1, 0.15) is 0 Å². The maximum atomic E-state index is 5.13. The standard InChI is InChI=1S/2C9H7.2C3H7.CH2.2ClH.Zr/c2*1-2-5-9-7-3-6-8(9)4-1;2*1-3-2;;;;/h2*1-7H;2*1,3H2,2H3;1H2;2*1H;/q4*-1;;;;+2/p-2. The van der Waals surface area contributed by atoms with Crippen LogP contribution in [0.5, 0.6) is 0 Å². The zero-order valence-corrected chi connectivity index (χ0v) is 20.8. The largest absolute Gasteiger partial charge is 0.168 e. The van der Waals surface area contributed by atoms with E-state index in [0.29, 0.717) is 0 Å². The van der Waals surface area contributed by atoms with Crippen molar-refractivity contribution in [1.29, 1.82) is 0 Å². The predicted molar refractivity (Wildman–Crippen MR) is 129 cm³/mol. The fraction of sp³-hybridized carbons (Fsp3) is 0.160. The van der Waals surface area contributed by atoms with Gasteiger partial charge in [0.05, 0.1) is 0 Å². The van der Waals surface area contributed by atoms with Crippen LogP contribution in [0.1, 0.15) is 26.7 Å². The molecule has 4 aromatic rings. The van der Waals surface area contributed by atoms with Crippen LogP contribution in [0, 0.1) is 13.8 Å². The molecule has 0 saturated heterocycles. The fourth-order valence-electron chi connectivity index (χ4n) is 2.14. The summed E-state index contributed by atoms with van der Waals surface area (Å²) in [5.41, 5.74) is 0. The summed E-state index contributed by atoms with van der Waals surface area (Å²) in [4.78, 5) is 0. The Bertz CT molecular complexity index is 742. The van der Waals surface area contributed by atoms with Crippen LogP contribution in [0.15, 0.2) is 84.9 Å². The molecule has 0 aromatic heterocycles. The van der Waals surface area contributed by atoms with E-state index in [9.17, 15) is 0 Å². The second-order valence-electron chi connectivity index (χ2n) is 5.65. The third-order valence-electron chi connectivity index (χ3n) is 3.10. The topological polar surface area (TPSA) is 0 Å². The van der Waals surface area contributed by atoms with Crippen LogP contribution >= 0.6 is 17.0 Å². The Morgan fingerprint density at radius 3 is 1.32 bits per heavy atom. The molecule has 0 unspecified atom stereocenters. The van der Waals surface area contributed by atoms with Gasteiger partial charge in [-0.25, -0.2) is 0 Å². The SMILES string of the molecule is [CH2-]CC.[CH2-]CC.[CH2]=[Zr]([Cl])[Cl].c1ccc2[cH-]ccc2c1.c1ccc2[cH-]ccc2c1.